The van der Waals surface area contributed by atoms with Gasteiger partial charge in [-0.05, 0) is 30.0 Å². The summed E-state index contributed by atoms with van der Waals surface area (Å²) >= 11 is 0. The number of cyclic esters (lactones) is 1. The Labute approximate surface area is 212 Å². The number of nitrogens with one attached hydrogen (secondary N) is 1. The Bertz CT molecular complexity index is 1080. The molecule has 0 bridgehead atoms. The molecule has 0 spiro atoms. The van der Waals surface area contributed by atoms with Gasteiger partial charge >= 0.3 is 6.09 Å². The SMILES string of the molecule is C[C@@H]1[C@H](c2ccccc2)OC(=O)N1C(=O)[C@@H](Cc1ccccc1)[C@@H](O)CNCc1ccccc1.Cl. The molecule has 0 saturated carbocycles. The van der Waals surface area contributed by atoms with E-state index in [0.717, 1.165) is 16.7 Å². The number of carbonyl (C=O) groups excluding carboxylic acids is 2. The third-order valence-electron chi connectivity index (χ3n) is 6.24. The van der Waals surface area contributed by atoms with E-state index < -0.39 is 36.2 Å². The topological polar surface area (TPSA) is 78.9 Å². The Morgan fingerprint density at radius 3 is 2.09 bits per heavy atom. The zero-order valence-electron chi connectivity index (χ0n) is 19.6. The monoisotopic (exact) mass is 494 g/mol. The average molecular weight is 495 g/mol. The molecule has 4 atom stereocenters. The lowest BCUT2D eigenvalue weighted by Crippen LogP contribution is -2.48. The van der Waals surface area contributed by atoms with Crippen LogP contribution in [0.3, 0.4) is 0 Å². The number of halogens is 1. The summed E-state index contributed by atoms with van der Waals surface area (Å²) in [7, 11) is 0. The molecule has 1 fully saturated rings. The molecule has 1 aliphatic rings. The summed E-state index contributed by atoms with van der Waals surface area (Å²) in [6.45, 7) is 2.60. The zero-order chi connectivity index (χ0) is 23.9. The van der Waals surface area contributed by atoms with E-state index in [0.29, 0.717) is 13.0 Å². The van der Waals surface area contributed by atoms with Crippen molar-refractivity contribution in [3.05, 3.63) is 108 Å². The molecule has 0 radical (unpaired) electrons. The van der Waals surface area contributed by atoms with Gasteiger partial charge in [-0.1, -0.05) is 91.0 Å². The number of hydrogen-bond acceptors (Lipinski definition) is 5. The number of hydrogen-bond donors (Lipinski definition) is 2. The van der Waals surface area contributed by atoms with Crippen LogP contribution >= 0.6 is 12.4 Å². The predicted molar refractivity (Wildman–Crippen MR) is 137 cm³/mol. The zero-order valence-corrected chi connectivity index (χ0v) is 20.4. The minimum Gasteiger partial charge on any atom is -0.439 e. The number of ether oxygens (including phenoxy) is 1. The highest BCUT2D eigenvalue weighted by atomic mass is 35.5. The predicted octanol–water partition coefficient (Wildman–Crippen LogP) is 4.53. The van der Waals surface area contributed by atoms with Crippen molar-refractivity contribution in [3.63, 3.8) is 0 Å². The summed E-state index contributed by atoms with van der Waals surface area (Å²) in [6, 6.07) is 28.3. The van der Waals surface area contributed by atoms with Gasteiger partial charge in [0.05, 0.1) is 18.1 Å². The molecule has 1 heterocycles. The quantitative estimate of drug-likeness (QED) is 0.457. The normalized spacial score (nSPS) is 18.9. The molecule has 3 aromatic carbocycles. The number of carbonyl (C=O) groups is 2. The third kappa shape index (κ3) is 6.48. The molecule has 0 aliphatic carbocycles. The second-order valence-electron chi connectivity index (χ2n) is 8.64. The molecule has 0 unspecified atom stereocenters. The van der Waals surface area contributed by atoms with Gasteiger partial charge in [0.25, 0.3) is 0 Å². The highest BCUT2D eigenvalue weighted by Crippen LogP contribution is 2.34. The van der Waals surface area contributed by atoms with Crippen molar-refractivity contribution in [1.29, 1.82) is 0 Å². The molecule has 3 aromatic rings. The highest BCUT2D eigenvalue weighted by molar-refractivity contribution is 5.95. The maximum Gasteiger partial charge on any atom is 0.417 e. The molecule has 1 saturated heterocycles. The van der Waals surface area contributed by atoms with Crippen LogP contribution in [0.25, 0.3) is 0 Å². The van der Waals surface area contributed by atoms with Gasteiger partial charge in [-0.15, -0.1) is 12.4 Å². The van der Waals surface area contributed by atoms with Crippen LogP contribution in [0.1, 0.15) is 29.7 Å². The molecule has 4 rings (SSSR count). The first-order valence-corrected chi connectivity index (χ1v) is 11.6. The first-order valence-electron chi connectivity index (χ1n) is 11.6. The first kappa shape index (κ1) is 26.4. The van der Waals surface area contributed by atoms with E-state index in [2.05, 4.69) is 5.32 Å². The molecule has 2 N–H and O–H groups in total. The maximum absolute atomic E-state index is 13.7. The third-order valence-corrected chi connectivity index (χ3v) is 6.24. The molecule has 184 valence electrons. The van der Waals surface area contributed by atoms with Crippen molar-refractivity contribution in [1.82, 2.24) is 10.2 Å². The van der Waals surface area contributed by atoms with Gasteiger partial charge in [-0.3, -0.25) is 4.79 Å². The van der Waals surface area contributed by atoms with E-state index >= 15 is 0 Å². The van der Waals surface area contributed by atoms with Gasteiger partial charge in [0.1, 0.15) is 6.10 Å². The van der Waals surface area contributed by atoms with Crippen LogP contribution in [0.15, 0.2) is 91.0 Å². The number of nitrogens with zero attached hydrogens (tertiary/aromatic N) is 1. The second kappa shape index (κ2) is 12.5. The van der Waals surface area contributed by atoms with Crippen LogP contribution < -0.4 is 5.32 Å². The Kier molecular flexibility index (Phi) is 9.43. The summed E-state index contributed by atoms with van der Waals surface area (Å²) in [5.41, 5.74) is 2.84. The maximum atomic E-state index is 13.7. The molecule has 7 heteroatoms. The Morgan fingerprint density at radius 1 is 0.943 bits per heavy atom. The van der Waals surface area contributed by atoms with Crippen molar-refractivity contribution in [2.45, 2.75) is 38.1 Å². The highest BCUT2D eigenvalue weighted by Gasteiger charge is 2.46. The van der Waals surface area contributed by atoms with Crippen molar-refractivity contribution >= 4 is 24.4 Å². The number of aliphatic hydroxyl groups is 1. The van der Waals surface area contributed by atoms with Gasteiger partial charge in [0, 0.05) is 13.1 Å². The van der Waals surface area contributed by atoms with E-state index in [1.807, 2.05) is 91.0 Å². The van der Waals surface area contributed by atoms with Crippen LogP contribution in [-0.4, -0.2) is 40.7 Å². The van der Waals surface area contributed by atoms with Gasteiger partial charge in [0.2, 0.25) is 5.91 Å². The molecule has 1 aliphatic heterocycles. The molecule has 2 amide bonds. The van der Waals surface area contributed by atoms with Crippen LogP contribution in [0, 0.1) is 5.92 Å². The van der Waals surface area contributed by atoms with E-state index in [1.165, 1.54) is 4.90 Å². The fraction of sp³-hybridized carbons (Fsp3) is 0.286. The van der Waals surface area contributed by atoms with E-state index in [4.69, 9.17) is 4.74 Å². The Morgan fingerprint density at radius 2 is 1.49 bits per heavy atom. The number of benzene rings is 3. The standard InChI is InChI=1S/C28H30N2O4.ClH/c1-20-26(23-15-9-4-10-16-23)34-28(33)30(20)27(32)24(17-21-11-5-2-6-12-21)25(31)19-29-18-22-13-7-3-8-14-22;/h2-16,20,24-26,29,31H,17-19H2,1H3;1H/t20-,24+,25+,26-;/m1./s1. The van der Waals surface area contributed by atoms with Gasteiger partial charge in [0.15, 0.2) is 0 Å². The van der Waals surface area contributed by atoms with E-state index in [9.17, 15) is 14.7 Å². The van der Waals surface area contributed by atoms with Crippen molar-refractivity contribution in [2.75, 3.05) is 6.54 Å². The lowest BCUT2D eigenvalue weighted by Gasteiger charge is -2.28. The van der Waals surface area contributed by atoms with Crippen molar-refractivity contribution < 1.29 is 19.4 Å². The van der Waals surface area contributed by atoms with Crippen LogP contribution in [0.5, 0.6) is 0 Å². The Balaban J connectivity index is 0.00000342. The number of rotatable bonds is 9. The molecule has 35 heavy (non-hydrogen) atoms. The molecule has 6 nitrogen and oxygen atoms in total. The fourth-order valence-corrected chi connectivity index (χ4v) is 4.38. The molecular formula is C28H31ClN2O4. The van der Waals surface area contributed by atoms with Crippen LogP contribution in [0.2, 0.25) is 0 Å². The van der Waals surface area contributed by atoms with Crippen LogP contribution in [-0.2, 0) is 22.5 Å². The second-order valence-corrected chi connectivity index (χ2v) is 8.64. The van der Waals surface area contributed by atoms with Crippen molar-refractivity contribution in [2.24, 2.45) is 5.92 Å². The summed E-state index contributed by atoms with van der Waals surface area (Å²) in [5, 5.41) is 14.3. The number of amides is 2. The lowest BCUT2D eigenvalue weighted by atomic mass is 9.91. The minimum absolute atomic E-state index is 0. The lowest BCUT2D eigenvalue weighted by molar-refractivity contribution is -0.137. The fourth-order valence-electron chi connectivity index (χ4n) is 4.38. The Hall–Kier alpha value is -3.19. The van der Waals surface area contributed by atoms with E-state index in [-0.39, 0.29) is 19.0 Å². The molecular weight excluding hydrogens is 464 g/mol. The average Bonchev–Trinajstić information content (AvgIpc) is 3.17. The van der Waals surface area contributed by atoms with E-state index in [1.54, 1.807) is 6.92 Å². The summed E-state index contributed by atoms with van der Waals surface area (Å²) in [6.07, 6.45) is -1.87. The van der Waals surface area contributed by atoms with Gasteiger partial charge in [-0.2, -0.15) is 0 Å². The number of aliphatic hydroxyl groups excluding tert-OH is 1. The minimum atomic E-state index is -0.979. The van der Waals surface area contributed by atoms with Gasteiger partial charge < -0.3 is 15.2 Å². The van der Waals surface area contributed by atoms with Gasteiger partial charge in [-0.25, -0.2) is 9.69 Å². The van der Waals surface area contributed by atoms with Crippen molar-refractivity contribution in [3.8, 4) is 0 Å². The van der Waals surface area contributed by atoms with Crippen LogP contribution in [0.4, 0.5) is 4.79 Å². The summed E-state index contributed by atoms with van der Waals surface area (Å²) in [4.78, 5) is 27.6. The first-order chi connectivity index (χ1) is 16.5. The largest absolute Gasteiger partial charge is 0.439 e. The smallest absolute Gasteiger partial charge is 0.417 e. The number of imide groups is 1. The summed E-state index contributed by atoms with van der Waals surface area (Å²) in [5.74, 6) is -1.22. The summed E-state index contributed by atoms with van der Waals surface area (Å²) < 4.78 is 5.58. The molecule has 0 aromatic heterocycles.